The number of pyridine rings is 3. The monoisotopic (exact) mass is 650 g/mol. The standard InChI is InChI=1S/C47H30N4/c1-2-8-31(9-3-1)39-24-27-45-48-44(30-51(45)29-39)38-13-6-12-37(28-38)43-26-23-36-21-20-35-22-25-42(49-46(35)47(36)50-43)34-18-16-33(17-19-34)41-15-7-11-32-10-4-5-14-40(32)41/h1-30H. The van der Waals surface area contributed by atoms with Crippen molar-refractivity contribution in [1.82, 2.24) is 19.4 Å². The van der Waals surface area contributed by atoms with Crippen LogP contribution in [0, 0.1) is 0 Å². The Kier molecular flexibility index (Phi) is 6.78. The van der Waals surface area contributed by atoms with Crippen molar-refractivity contribution in [1.29, 1.82) is 0 Å². The first kappa shape index (κ1) is 29.0. The zero-order chi connectivity index (χ0) is 33.7. The number of aromatic nitrogens is 4. The van der Waals surface area contributed by atoms with Gasteiger partial charge in [-0.2, -0.15) is 0 Å². The molecular weight excluding hydrogens is 621 g/mol. The molecule has 10 rings (SSSR count). The van der Waals surface area contributed by atoms with Crippen LogP contribution in [0.2, 0.25) is 0 Å². The van der Waals surface area contributed by atoms with E-state index in [0.717, 1.165) is 66.8 Å². The molecule has 0 saturated carbocycles. The highest BCUT2D eigenvalue weighted by molar-refractivity contribution is 6.04. The van der Waals surface area contributed by atoms with Gasteiger partial charge in [-0.3, -0.25) is 0 Å². The van der Waals surface area contributed by atoms with Crippen molar-refractivity contribution in [2.45, 2.75) is 0 Å². The fourth-order valence-corrected chi connectivity index (χ4v) is 7.16. The van der Waals surface area contributed by atoms with Gasteiger partial charge in [-0.15, -0.1) is 0 Å². The first-order valence-electron chi connectivity index (χ1n) is 17.2. The molecule has 0 saturated heterocycles. The van der Waals surface area contributed by atoms with E-state index in [4.69, 9.17) is 15.0 Å². The van der Waals surface area contributed by atoms with Crippen molar-refractivity contribution in [3.8, 4) is 56.0 Å². The van der Waals surface area contributed by atoms with E-state index in [0.29, 0.717) is 0 Å². The van der Waals surface area contributed by atoms with E-state index in [1.54, 1.807) is 0 Å². The topological polar surface area (TPSA) is 43.1 Å². The second kappa shape index (κ2) is 11.9. The summed E-state index contributed by atoms with van der Waals surface area (Å²) in [6.07, 6.45) is 4.24. The van der Waals surface area contributed by atoms with Crippen LogP contribution in [0.5, 0.6) is 0 Å². The van der Waals surface area contributed by atoms with Gasteiger partial charge in [0.1, 0.15) is 5.65 Å². The molecule has 0 aliphatic rings. The van der Waals surface area contributed by atoms with Gasteiger partial charge in [0.15, 0.2) is 0 Å². The Hall–Kier alpha value is -6.91. The van der Waals surface area contributed by atoms with Crippen molar-refractivity contribution in [3.63, 3.8) is 0 Å². The van der Waals surface area contributed by atoms with E-state index >= 15 is 0 Å². The van der Waals surface area contributed by atoms with E-state index in [1.807, 2.05) is 6.07 Å². The normalized spacial score (nSPS) is 11.5. The van der Waals surface area contributed by atoms with Crippen LogP contribution in [0.4, 0.5) is 0 Å². The summed E-state index contributed by atoms with van der Waals surface area (Å²) >= 11 is 0. The van der Waals surface area contributed by atoms with E-state index in [2.05, 4.69) is 181 Å². The molecule has 0 bridgehead atoms. The van der Waals surface area contributed by atoms with Crippen LogP contribution in [0.1, 0.15) is 0 Å². The highest BCUT2D eigenvalue weighted by Crippen LogP contribution is 2.33. The smallest absolute Gasteiger partial charge is 0.137 e. The van der Waals surface area contributed by atoms with Gasteiger partial charge in [0, 0.05) is 39.9 Å². The Labute approximate surface area is 295 Å². The third kappa shape index (κ3) is 5.22. The fraction of sp³-hybridized carbons (Fsp3) is 0. The number of imidazole rings is 1. The summed E-state index contributed by atoms with van der Waals surface area (Å²) in [5, 5.41) is 4.63. The molecule has 4 aromatic heterocycles. The lowest BCUT2D eigenvalue weighted by molar-refractivity contribution is 1.19. The summed E-state index contributed by atoms with van der Waals surface area (Å²) in [5.41, 5.74) is 13.4. The third-order valence-corrected chi connectivity index (χ3v) is 9.81. The molecule has 0 atom stereocenters. The largest absolute Gasteiger partial charge is 0.306 e. The Morgan fingerprint density at radius 3 is 1.71 bits per heavy atom. The minimum Gasteiger partial charge on any atom is -0.306 e. The first-order chi connectivity index (χ1) is 25.2. The van der Waals surface area contributed by atoms with Gasteiger partial charge in [0.05, 0.1) is 28.1 Å². The molecule has 6 aromatic carbocycles. The van der Waals surface area contributed by atoms with E-state index in [-0.39, 0.29) is 0 Å². The second-order valence-corrected chi connectivity index (χ2v) is 13.0. The molecule has 10 aromatic rings. The van der Waals surface area contributed by atoms with Gasteiger partial charge < -0.3 is 4.40 Å². The molecule has 0 aliphatic heterocycles. The molecule has 4 heteroatoms. The van der Waals surface area contributed by atoms with Crippen LogP contribution in [0.3, 0.4) is 0 Å². The molecule has 238 valence electrons. The SMILES string of the molecule is c1ccc(-c2ccc3nc(-c4cccc(-c5ccc6ccc7ccc(-c8ccc(-c9cccc%10ccccc9%10)cc8)nc7c6n5)c4)cn3c2)cc1. The molecule has 0 unspecified atom stereocenters. The Balaban J connectivity index is 0.999. The van der Waals surface area contributed by atoms with Crippen LogP contribution in [0.25, 0.3) is 94.3 Å². The molecule has 0 fully saturated rings. The lowest BCUT2D eigenvalue weighted by Crippen LogP contribution is -1.91. The van der Waals surface area contributed by atoms with Crippen LogP contribution < -0.4 is 0 Å². The Morgan fingerprint density at radius 1 is 0.333 bits per heavy atom. The number of hydrogen-bond donors (Lipinski definition) is 0. The Bertz CT molecular complexity index is 2900. The number of benzene rings is 6. The van der Waals surface area contributed by atoms with Crippen molar-refractivity contribution < 1.29 is 0 Å². The summed E-state index contributed by atoms with van der Waals surface area (Å²) < 4.78 is 2.10. The molecule has 0 N–H and O–H groups in total. The summed E-state index contributed by atoms with van der Waals surface area (Å²) in [4.78, 5) is 15.4. The van der Waals surface area contributed by atoms with Crippen LogP contribution in [-0.2, 0) is 0 Å². The van der Waals surface area contributed by atoms with Crippen LogP contribution in [-0.4, -0.2) is 19.4 Å². The summed E-state index contributed by atoms with van der Waals surface area (Å²) in [6, 6.07) is 59.6. The zero-order valence-corrected chi connectivity index (χ0v) is 27.6. The van der Waals surface area contributed by atoms with E-state index in [1.165, 1.54) is 27.5 Å². The molecule has 4 nitrogen and oxygen atoms in total. The van der Waals surface area contributed by atoms with Gasteiger partial charge in [-0.05, 0) is 63.4 Å². The predicted molar refractivity (Wildman–Crippen MR) is 210 cm³/mol. The van der Waals surface area contributed by atoms with E-state index < -0.39 is 0 Å². The van der Waals surface area contributed by atoms with Crippen LogP contribution >= 0.6 is 0 Å². The molecule has 4 heterocycles. The average Bonchev–Trinajstić information content (AvgIpc) is 3.65. The number of hydrogen-bond acceptors (Lipinski definition) is 3. The highest BCUT2D eigenvalue weighted by atomic mass is 15.0. The number of nitrogens with zero attached hydrogens (tertiary/aromatic N) is 4. The molecule has 51 heavy (non-hydrogen) atoms. The molecule has 0 aliphatic carbocycles. The second-order valence-electron chi connectivity index (χ2n) is 13.0. The molecule has 0 amide bonds. The minimum absolute atomic E-state index is 0.894. The highest BCUT2D eigenvalue weighted by Gasteiger charge is 2.12. The van der Waals surface area contributed by atoms with Crippen molar-refractivity contribution in [2.75, 3.05) is 0 Å². The summed E-state index contributed by atoms with van der Waals surface area (Å²) in [6.45, 7) is 0. The van der Waals surface area contributed by atoms with Gasteiger partial charge in [0.2, 0.25) is 0 Å². The quantitative estimate of drug-likeness (QED) is 0.174. The lowest BCUT2D eigenvalue weighted by Gasteiger charge is -2.10. The van der Waals surface area contributed by atoms with Gasteiger partial charge in [0.25, 0.3) is 0 Å². The van der Waals surface area contributed by atoms with Crippen molar-refractivity contribution in [3.05, 3.63) is 182 Å². The zero-order valence-electron chi connectivity index (χ0n) is 27.6. The number of fused-ring (bicyclic) bond motifs is 5. The maximum absolute atomic E-state index is 5.23. The van der Waals surface area contributed by atoms with Gasteiger partial charge in [-0.1, -0.05) is 140 Å². The van der Waals surface area contributed by atoms with Gasteiger partial charge >= 0.3 is 0 Å². The summed E-state index contributed by atoms with van der Waals surface area (Å²) in [5.74, 6) is 0. The first-order valence-corrected chi connectivity index (χ1v) is 17.2. The lowest BCUT2D eigenvalue weighted by atomic mass is 9.97. The fourth-order valence-electron chi connectivity index (χ4n) is 7.16. The van der Waals surface area contributed by atoms with Gasteiger partial charge in [-0.25, -0.2) is 15.0 Å². The molecule has 0 spiro atoms. The van der Waals surface area contributed by atoms with Crippen molar-refractivity contribution >= 4 is 38.2 Å². The number of rotatable bonds is 5. The third-order valence-electron chi connectivity index (χ3n) is 9.81. The minimum atomic E-state index is 0.894. The molecular formula is C47H30N4. The predicted octanol–water partition coefficient (Wildman–Crippen LogP) is 11.9. The average molecular weight is 651 g/mol. The maximum Gasteiger partial charge on any atom is 0.137 e. The van der Waals surface area contributed by atoms with E-state index in [9.17, 15) is 0 Å². The summed E-state index contributed by atoms with van der Waals surface area (Å²) in [7, 11) is 0. The Morgan fingerprint density at radius 2 is 0.922 bits per heavy atom. The van der Waals surface area contributed by atoms with Crippen molar-refractivity contribution in [2.24, 2.45) is 0 Å². The maximum atomic E-state index is 5.23. The molecule has 0 radical (unpaired) electrons. The van der Waals surface area contributed by atoms with Crippen LogP contribution in [0.15, 0.2) is 182 Å².